The second-order valence-electron chi connectivity index (χ2n) is 9.44. The van der Waals surface area contributed by atoms with Crippen LogP contribution in [0.2, 0.25) is 0 Å². The summed E-state index contributed by atoms with van der Waals surface area (Å²) in [5.74, 6) is 2.69. The van der Waals surface area contributed by atoms with E-state index in [0.29, 0.717) is 6.61 Å². The van der Waals surface area contributed by atoms with Crippen molar-refractivity contribution in [1.29, 1.82) is 0 Å². The summed E-state index contributed by atoms with van der Waals surface area (Å²) in [6, 6.07) is 17.4. The van der Waals surface area contributed by atoms with Gasteiger partial charge in [-0.2, -0.15) is 10.2 Å². The van der Waals surface area contributed by atoms with Gasteiger partial charge in [0.2, 0.25) is 0 Å². The molecule has 1 aliphatic rings. The molecule has 7 aromatic rings. The van der Waals surface area contributed by atoms with E-state index in [9.17, 15) is 0 Å². The van der Waals surface area contributed by atoms with Gasteiger partial charge in [-0.3, -0.25) is 0 Å². The molecule has 0 bridgehead atoms. The van der Waals surface area contributed by atoms with Crippen LogP contribution in [0.5, 0.6) is 5.75 Å². The quantitative estimate of drug-likeness (QED) is 0.273. The molecule has 2 N–H and O–H groups in total. The van der Waals surface area contributed by atoms with Gasteiger partial charge in [0, 0.05) is 27.1 Å². The molecular weight excluding hydrogens is 448 g/mol. The summed E-state index contributed by atoms with van der Waals surface area (Å²) in [7, 11) is 0. The lowest BCUT2D eigenvalue weighted by Gasteiger charge is -2.19. The largest absolute Gasteiger partial charge is 0.486 e. The van der Waals surface area contributed by atoms with Gasteiger partial charge in [0.25, 0.3) is 0 Å². The van der Waals surface area contributed by atoms with Crippen LogP contribution >= 0.6 is 0 Å². The molecule has 0 amide bonds. The van der Waals surface area contributed by atoms with Gasteiger partial charge in [0.15, 0.2) is 0 Å². The van der Waals surface area contributed by atoms with E-state index in [1.165, 1.54) is 0 Å². The number of nitrogens with one attached hydrogen (secondary N) is 2. The summed E-state index contributed by atoms with van der Waals surface area (Å²) >= 11 is 0. The fraction of sp³-hybridized carbons (Fsp3) is 0.103. The van der Waals surface area contributed by atoms with Crippen molar-refractivity contribution in [3.05, 3.63) is 78.3 Å². The van der Waals surface area contributed by atoms with Crippen LogP contribution in [-0.4, -0.2) is 30.1 Å². The fourth-order valence-corrected chi connectivity index (χ4v) is 5.61. The molecular formula is C29H20N6O. The molecule has 0 aliphatic carbocycles. The van der Waals surface area contributed by atoms with Crippen molar-refractivity contribution in [2.75, 3.05) is 0 Å². The Morgan fingerprint density at radius 3 is 2.39 bits per heavy atom. The number of aromatic amines is 2. The molecule has 1 aliphatic heterocycles. The predicted octanol–water partition coefficient (Wildman–Crippen LogP) is 6.38. The number of nitrogens with zero attached hydrogens (tertiary/aromatic N) is 4. The maximum Gasteiger partial charge on any atom is 0.137 e. The molecule has 0 unspecified atom stereocenters. The van der Waals surface area contributed by atoms with Gasteiger partial charge >= 0.3 is 0 Å². The number of ether oxygens (including phenoxy) is 1. The molecule has 172 valence electrons. The number of aromatic nitrogens is 6. The Morgan fingerprint density at radius 1 is 0.722 bits per heavy atom. The molecule has 4 heterocycles. The number of rotatable bonds is 1. The highest BCUT2D eigenvalue weighted by Gasteiger charge is 2.23. The van der Waals surface area contributed by atoms with E-state index in [0.717, 1.165) is 88.8 Å². The van der Waals surface area contributed by atoms with Crippen LogP contribution in [0.25, 0.3) is 65.7 Å². The topological polar surface area (TPSA) is 92.4 Å². The zero-order valence-corrected chi connectivity index (χ0v) is 19.7. The molecule has 0 atom stereocenters. The highest BCUT2D eigenvalue weighted by atomic mass is 16.5. The number of imidazole rings is 2. The minimum atomic E-state index is 0.506. The summed E-state index contributed by atoms with van der Waals surface area (Å²) in [6.07, 6.45) is 3.63. The monoisotopic (exact) mass is 468 g/mol. The van der Waals surface area contributed by atoms with Crippen molar-refractivity contribution >= 4 is 43.4 Å². The lowest BCUT2D eigenvalue weighted by Crippen LogP contribution is -2.05. The maximum atomic E-state index is 6.18. The Balaban J connectivity index is 1.32. The van der Waals surface area contributed by atoms with Gasteiger partial charge in [-0.05, 0) is 53.9 Å². The summed E-state index contributed by atoms with van der Waals surface area (Å²) in [5, 5.41) is 14.8. The van der Waals surface area contributed by atoms with Crippen LogP contribution in [0.4, 0.5) is 0 Å². The standard InChI is InChI=1S/C29H20N6O/c1-14-32-25-13-36-29-19-6-3-16(9-18(19)5-8-21(29)26(25)33-14)17-4-7-20-22(10-17)23-11-30-31-12-24(23)28-27(20)34-15(2)35-28/h3-12H,13H2,1-2H3,(H,32,33)(H,34,35). The highest BCUT2D eigenvalue weighted by molar-refractivity contribution is 6.23. The number of hydrogen-bond donors (Lipinski definition) is 2. The van der Waals surface area contributed by atoms with Crippen LogP contribution in [0.15, 0.2) is 60.9 Å². The lowest BCUT2D eigenvalue weighted by atomic mass is 9.94. The maximum absolute atomic E-state index is 6.18. The Hall–Kier alpha value is -4.78. The summed E-state index contributed by atoms with van der Waals surface area (Å²) < 4.78 is 6.18. The number of hydrogen-bond acceptors (Lipinski definition) is 5. The molecule has 0 saturated carbocycles. The van der Waals surface area contributed by atoms with Crippen LogP contribution in [0, 0.1) is 13.8 Å². The van der Waals surface area contributed by atoms with Crippen molar-refractivity contribution in [2.24, 2.45) is 0 Å². The normalized spacial score (nSPS) is 12.8. The van der Waals surface area contributed by atoms with E-state index in [1.807, 2.05) is 20.0 Å². The second-order valence-corrected chi connectivity index (χ2v) is 9.44. The third-order valence-corrected chi connectivity index (χ3v) is 7.20. The molecule has 0 spiro atoms. The minimum absolute atomic E-state index is 0.506. The summed E-state index contributed by atoms with van der Waals surface area (Å²) in [4.78, 5) is 16.1. The first kappa shape index (κ1) is 19.5. The first-order valence-corrected chi connectivity index (χ1v) is 11.9. The van der Waals surface area contributed by atoms with Crippen LogP contribution < -0.4 is 4.74 Å². The first-order valence-electron chi connectivity index (χ1n) is 11.9. The predicted molar refractivity (Wildman–Crippen MR) is 141 cm³/mol. The number of H-pyrrole nitrogens is 2. The Kier molecular flexibility index (Phi) is 3.73. The van der Waals surface area contributed by atoms with Crippen LogP contribution in [0.1, 0.15) is 17.3 Å². The van der Waals surface area contributed by atoms with Gasteiger partial charge in [-0.25, -0.2) is 9.97 Å². The van der Waals surface area contributed by atoms with E-state index in [1.54, 1.807) is 6.20 Å². The van der Waals surface area contributed by atoms with Crippen molar-refractivity contribution in [3.63, 3.8) is 0 Å². The van der Waals surface area contributed by atoms with Gasteiger partial charge in [0.05, 0.1) is 34.8 Å². The van der Waals surface area contributed by atoms with E-state index in [-0.39, 0.29) is 0 Å². The average Bonchev–Trinajstić information content (AvgIpc) is 3.49. The van der Waals surface area contributed by atoms with E-state index in [2.05, 4.69) is 73.7 Å². The molecule has 3 aromatic heterocycles. The second kappa shape index (κ2) is 6.88. The SMILES string of the molecule is Cc1nc2c([nH]1)COc1c-2ccc2cc(-c3ccc4c(c3)c3cnncc3c3nc(C)[nH]c43)ccc12. The zero-order valence-electron chi connectivity index (χ0n) is 19.7. The third kappa shape index (κ3) is 2.62. The molecule has 7 heteroatoms. The molecule has 0 saturated heterocycles. The molecule has 7 nitrogen and oxygen atoms in total. The van der Waals surface area contributed by atoms with Gasteiger partial charge in [0.1, 0.15) is 24.0 Å². The Morgan fingerprint density at radius 2 is 1.50 bits per heavy atom. The van der Waals surface area contributed by atoms with Crippen LogP contribution in [0.3, 0.4) is 0 Å². The van der Waals surface area contributed by atoms with Crippen LogP contribution in [-0.2, 0) is 6.61 Å². The van der Waals surface area contributed by atoms with E-state index in [4.69, 9.17) is 9.72 Å². The van der Waals surface area contributed by atoms with Gasteiger partial charge < -0.3 is 14.7 Å². The van der Waals surface area contributed by atoms with Crippen molar-refractivity contribution in [3.8, 4) is 28.1 Å². The molecule has 8 rings (SSSR count). The number of aryl methyl sites for hydroxylation is 2. The van der Waals surface area contributed by atoms with Gasteiger partial charge in [-0.1, -0.05) is 30.3 Å². The number of fused-ring (bicyclic) bond motifs is 11. The Bertz CT molecular complexity index is 2030. The van der Waals surface area contributed by atoms with Gasteiger partial charge in [-0.15, -0.1) is 0 Å². The van der Waals surface area contributed by atoms with E-state index >= 15 is 0 Å². The summed E-state index contributed by atoms with van der Waals surface area (Å²) in [5.41, 5.74) is 7.32. The molecule has 36 heavy (non-hydrogen) atoms. The zero-order chi connectivity index (χ0) is 24.0. The van der Waals surface area contributed by atoms with Crippen molar-refractivity contribution in [1.82, 2.24) is 30.1 Å². The number of benzene rings is 4. The van der Waals surface area contributed by atoms with Crippen molar-refractivity contribution < 1.29 is 4.74 Å². The minimum Gasteiger partial charge on any atom is -0.486 e. The summed E-state index contributed by atoms with van der Waals surface area (Å²) in [6.45, 7) is 4.46. The van der Waals surface area contributed by atoms with Crippen molar-refractivity contribution in [2.45, 2.75) is 20.5 Å². The first-order chi connectivity index (χ1) is 17.6. The fourth-order valence-electron chi connectivity index (χ4n) is 5.61. The average molecular weight is 469 g/mol. The third-order valence-electron chi connectivity index (χ3n) is 7.20. The molecule has 4 aromatic carbocycles. The highest BCUT2D eigenvalue weighted by Crippen LogP contribution is 2.42. The molecule has 0 radical (unpaired) electrons. The smallest absolute Gasteiger partial charge is 0.137 e. The lowest BCUT2D eigenvalue weighted by molar-refractivity contribution is 0.301. The van der Waals surface area contributed by atoms with E-state index < -0.39 is 0 Å². The Labute approximate surface area is 205 Å². The molecule has 0 fully saturated rings.